The molecule has 1 heterocycles. The minimum absolute atomic E-state index is 0.576. The maximum Gasteiger partial charge on any atom is 0.247 e. The molecule has 0 aromatic carbocycles. The van der Waals surface area contributed by atoms with E-state index in [1.807, 2.05) is 18.2 Å². The van der Waals surface area contributed by atoms with Crippen molar-refractivity contribution in [2.24, 2.45) is 5.92 Å². The van der Waals surface area contributed by atoms with E-state index in [9.17, 15) is 0 Å². The van der Waals surface area contributed by atoms with E-state index < -0.39 is 0 Å². The Morgan fingerprint density at radius 1 is 1.40 bits per heavy atom. The molecule has 1 N–H and O–H groups in total. The van der Waals surface area contributed by atoms with Crippen LogP contribution >= 0.6 is 0 Å². The third-order valence-electron chi connectivity index (χ3n) is 3.85. The van der Waals surface area contributed by atoms with Gasteiger partial charge in [0.15, 0.2) is 0 Å². The molecule has 0 aromatic heterocycles. The van der Waals surface area contributed by atoms with Crippen LogP contribution in [0, 0.1) is 5.92 Å². The van der Waals surface area contributed by atoms with Gasteiger partial charge in [0.25, 0.3) is 0 Å². The lowest BCUT2D eigenvalue weighted by atomic mass is 9.76. The van der Waals surface area contributed by atoms with Crippen molar-refractivity contribution in [3.63, 3.8) is 0 Å². The Kier molecular flexibility index (Phi) is 8.32. The smallest absolute Gasteiger partial charge is 0.247 e. The molecule has 0 amide bonds. The van der Waals surface area contributed by atoms with Crippen LogP contribution < -0.4 is 5.32 Å². The Bertz CT molecular complexity index is 360. The van der Waals surface area contributed by atoms with Crippen molar-refractivity contribution in [1.82, 2.24) is 10.1 Å². The van der Waals surface area contributed by atoms with E-state index >= 15 is 0 Å². The molecule has 1 radical (unpaired) electrons. The third kappa shape index (κ3) is 5.93. The fourth-order valence-electron chi connectivity index (χ4n) is 2.59. The first kappa shape index (κ1) is 17.0. The second-order valence-corrected chi connectivity index (χ2v) is 5.43. The molecule has 1 rings (SSSR count). The van der Waals surface area contributed by atoms with Crippen LogP contribution in [-0.4, -0.2) is 37.9 Å². The van der Waals surface area contributed by atoms with E-state index in [2.05, 4.69) is 50.6 Å². The summed E-state index contributed by atoms with van der Waals surface area (Å²) in [4.78, 5) is 2.44. The molecular formula is C17H28BN2. The van der Waals surface area contributed by atoms with Crippen molar-refractivity contribution in [3.8, 4) is 0 Å². The summed E-state index contributed by atoms with van der Waals surface area (Å²) in [5, 5.41) is 3.55. The van der Waals surface area contributed by atoms with Gasteiger partial charge in [-0.3, -0.25) is 0 Å². The third-order valence-corrected chi connectivity index (χ3v) is 3.85. The zero-order chi connectivity index (χ0) is 14.8. The number of hydrogen-bond donors (Lipinski definition) is 1. The van der Waals surface area contributed by atoms with Crippen LogP contribution in [0.5, 0.6) is 0 Å². The number of allylic oxidation sites excluding steroid dienone is 6. The van der Waals surface area contributed by atoms with Crippen molar-refractivity contribution in [1.29, 1.82) is 0 Å². The summed E-state index contributed by atoms with van der Waals surface area (Å²) in [6.07, 6.45) is 12.2. The summed E-state index contributed by atoms with van der Waals surface area (Å²) in [5.74, 6) is 0.775. The molecule has 1 aliphatic heterocycles. The molecule has 1 saturated heterocycles. The molecule has 1 aliphatic rings. The quantitative estimate of drug-likeness (QED) is 0.590. The Balaban J connectivity index is 2.70. The van der Waals surface area contributed by atoms with Crippen molar-refractivity contribution in [2.75, 3.05) is 19.6 Å². The van der Waals surface area contributed by atoms with Gasteiger partial charge >= 0.3 is 0 Å². The molecule has 1 fully saturated rings. The van der Waals surface area contributed by atoms with E-state index in [-0.39, 0.29) is 0 Å². The Labute approximate surface area is 125 Å². The SMILES string of the molecule is C=C/C=C\C([B]N1CCNCC(CC)CC1C)=C/C=C. The van der Waals surface area contributed by atoms with Crippen molar-refractivity contribution in [3.05, 3.63) is 49.0 Å². The molecule has 3 heteroatoms. The van der Waals surface area contributed by atoms with Gasteiger partial charge in [-0.05, 0) is 31.5 Å². The van der Waals surface area contributed by atoms with Gasteiger partial charge < -0.3 is 10.1 Å². The van der Waals surface area contributed by atoms with Crippen LogP contribution in [0.25, 0.3) is 0 Å². The molecule has 2 nitrogen and oxygen atoms in total. The van der Waals surface area contributed by atoms with Crippen LogP contribution in [0.3, 0.4) is 0 Å². The van der Waals surface area contributed by atoms with Gasteiger partial charge in [-0.15, -0.1) is 0 Å². The summed E-state index contributed by atoms with van der Waals surface area (Å²) in [7, 11) is 2.24. The summed E-state index contributed by atoms with van der Waals surface area (Å²) >= 11 is 0. The highest BCUT2D eigenvalue weighted by Crippen LogP contribution is 2.17. The number of rotatable bonds is 6. The molecule has 0 aliphatic carbocycles. The zero-order valence-corrected chi connectivity index (χ0v) is 13.0. The first-order valence-corrected chi connectivity index (χ1v) is 7.64. The number of nitrogens with zero attached hydrogens (tertiary/aromatic N) is 1. The highest BCUT2D eigenvalue weighted by molar-refractivity contribution is 6.43. The lowest BCUT2D eigenvalue weighted by molar-refractivity contribution is 0.255. The fourth-order valence-corrected chi connectivity index (χ4v) is 2.59. The van der Waals surface area contributed by atoms with Crippen molar-refractivity contribution >= 4 is 7.41 Å². The highest BCUT2D eigenvalue weighted by atomic mass is 15.1. The molecule has 0 saturated carbocycles. The average molecular weight is 271 g/mol. The predicted octanol–water partition coefficient (Wildman–Crippen LogP) is 3.13. The van der Waals surface area contributed by atoms with E-state index in [1.165, 1.54) is 18.3 Å². The van der Waals surface area contributed by atoms with E-state index in [0.717, 1.165) is 25.6 Å². The van der Waals surface area contributed by atoms with Crippen LogP contribution in [-0.2, 0) is 0 Å². The Hall–Kier alpha value is -1.06. The van der Waals surface area contributed by atoms with E-state index in [4.69, 9.17) is 0 Å². The first-order valence-electron chi connectivity index (χ1n) is 7.64. The van der Waals surface area contributed by atoms with Gasteiger partial charge in [0.05, 0.1) is 0 Å². The second kappa shape index (κ2) is 9.79. The normalized spacial score (nSPS) is 26.0. The van der Waals surface area contributed by atoms with Crippen LogP contribution in [0.2, 0.25) is 0 Å². The van der Waals surface area contributed by atoms with Crippen LogP contribution in [0.4, 0.5) is 0 Å². The maximum atomic E-state index is 3.79. The lowest BCUT2D eigenvalue weighted by Gasteiger charge is -2.34. The molecule has 20 heavy (non-hydrogen) atoms. The first-order chi connectivity index (χ1) is 9.71. The molecule has 0 bridgehead atoms. The van der Waals surface area contributed by atoms with Crippen molar-refractivity contribution in [2.45, 2.75) is 32.7 Å². The maximum absolute atomic E-state index is 3.79. The van der Waals surface area contributed by atoms with Crippen LogP contribution in [0.15, 0.2) is 49.0 Å². The van der Waals surface area contributed by atoms with Gasteiger partial charge in [0.1, 0.15) is 0 Å². The van der Waals surface area contributed by atoms with Crippen LogP contribution in [0.1, 0.15) is 26.7 Å². The summed E-state index contributed by atoms with van der Waals surface area (Å²) < 4.78 is 0. The van der Waals surface area contributed by atoms with E-state index in [1.54, 1.807) is 6.08 Å². The number of hydrogen-bond acceptors (Lipinski definition) is 2. The lowest BCUT2D eigenvalue weighted by Crippen LogP contribution is -2.46. The minimum atomic E-state index is 0.576. The summed E-state index contributed by atoms with van der Waals surface area (Å²) in [6.45, 7) is 15.4. The summed E-state index contributed by atoms with van der Waals surface area (Å²) in [6, 6.07) is 0.576. The Morgan fingerprint density at radius 2 is 2.20 bits per heavy atom. The summed E-state index contributed by atoms with van der Waals surface area (Å²) in [5.41, 5.74) is 1.17. The standard InChI is InChI=1S/C17H28BN2/c1-5-8-10-17(9-6-2)18-20-12-11-19-14-16(7-3)13-15(20)4/h5-6,8-10,15-16,19H,1-2,7,11-14H2,3-4H3/b10-8-,17-9+. The fraction of sp³-hybridized carbons (Fsp3) is 0.529. The van der Waals surface area contributed by atoms with Gasteiger partial charge in [-0.25, -0.2) is 0 Å². The van der Waals surface area contributed by atoms with Crippen molar-refractivity contribution < 1.29 is 0 Å². The number of nitrogens with one attached hydrogen (secondary N) is 1. The largest absolute Gasteiger partial charge is 0.339 e. The molecule has 2 unspecified atom stereocenters. The van der Waals surface area contributed by atoms with Gasteiger partial charge in [-0.1, -0.05) is 69.3 Å². The molecule has 2 atom stereocenters. The predicted molar refractivity (Wildman–Crippen MR) is 90.8 cm³/mol. The zero-order valence-electron chi connectivity index (χ0n) is 13.0. The Morgan fingerprint density at radius 3 is 2.85 bits per heavy atom. The monoisotopic (exact) mass is 271 g/mol. The molecule has 109 valence electrons. The molecular weight excluding hydrogens is 243 g/mol. The topological polar surface area (TPSA) is 15.3 Å². The molecule has 0 spiro atoms. The van der Waals surface area contributed by atoms with Gasteiger partial charge in [0.2, 0.25) is 7.41 Å². The average Bonchev–Trinajstić information content (AvgIpc) is 2.44. The van der Waals surface area contributed by atoms with Gasteiger partial charge in [0, 0.05) is 6.54 Å². The minimum Gasteiger partial charge on any atom is -0.339 e. The molecule has 0 aromatic rings. The highest BCUT2D eigenvalue weighted by Gasteiger charge is 2.21. The van der Waals surface area contributed by atoms with Gasteiger partial charge in [-0.2, -0.15) is 0 Å². The second-order valence-electron chi connectivity index (χ2n) is 5.43. The van der Waals surface area contributed by atoms with E-state index in [0.29, 0.717) is 6.04 Å².